The summed E-state index contributed by atoms with van der Waals surface area (Å²) in [5.74, 6) is -1.65. The van der Waals surface area contributed by atoms with Gasteiger partial charge in [-0.1, -0.05) is 82.4 Å². The van der Waals surface area contributed by atoms with Crippen LogP contribution in [0.2, 0.25) is 54.4 Å². The number of ether oxygens (including phenoxy) is 8. The smallest absolute Gasteiger partial charge is 0.332 e. The number of ketones is 1. The van der Waals surface area contributed by atoms with E-state index in [0.29, 0.717) is 45.1 Å². The van der Waals surface area contributed by atoms with Crippen LogP contribution in [0.1, 0.15) is 146 Å². The summed E-state index contributed by atoms with van der Waals surface area (Å²) in [6.07, 6.45) is 2.54. The van der Waals surface area contributed by atoms with Crippen molar-refractivity contribution in [3.63, 3.8) is 0 Å². The molecule has 8 saturated heterocycles. The molecule has 16 nitrogen and oxygen atoms in total. The van der Waals surface area contributed by atoms with Gasteiger partial charge in [-0.3, -0.25) is 9.36 Å². The number of Topliss-reactive ketones (excluding diaryl/α,β-unsaturated/α-hetero) is 1. The molecule has 0 spiro atoms. The maximum atomic E-state index is 13.5. The lowest BCUT2D eigenvalue weighted by atomic mass is 9.82. The van der Waals surface area contributed by atoms with Crippen molar-refractivity contribution in [2.75, 3.05) is 26.5 Å². The summed E-state index contributed by atoms with van der Waals surface area (Å²) in [6, 6.07) is 9.07. The van der Waals surface area contributed by atoms with Gasteiger partial charge in [0.1, 0.15) is 42.5 Å². The fraction of sp³-hybridized carbons (Fsp3) is 0.914. The summed E-state index contributed by atoms with van der Waals surface area (Å²) in [6.45, 7) is 31.9. The van der Waals surface area contributed by atoms with Gasteiger partial charge in [0.05, 0.1) is 67.6 Å². The van der Waals surface area contributed by atoms with E-state index in [4.69, 9.17) is 51.2 Å². The van der Waals surface area contributed by atoms with Crippen molar-refractivity contribution in [3.8, 4) is 0 Å². The van der Waals surface area contributed by atoms with E-state index in [9.17, 15) is 24.3 Å². The third kappa shape index (κ3) is 14.9. The lowest BCUT2D eigenvalue weighted by Gasteiger charge is -2.47. The second kappa shape index (κ2) is 28.1. The molecule has 0 aliphatic carbocycles. The topological polar surface area (TPSA) is 196 Å². The molecule has 0 unspecified atom stereocenters. The van der Waals surface area contributed by atoms with Crippen LogP contribution < -0.4 is 0 Å². The minimum atomic E-state index is -4.60. The van der Waals surface area contributed by atoms with Gasteiger partial charge in [0, 0.05) is 51.7 Å². The monoisotopic (exact) mass is 1170 g/mol. The third-order valence-corrected chi connectivity index (χ3v) is 35.1. The van der Waals surface area contributed by atoms with Crippen LogP contribution >= 0.6 is 7.60 Å². The van der Waals surface area contributed by atoms with Gasteiger partial charge in [-0.15, -0.1) is 0 Å². The average Bonchev–Trinajstić information content (AvgIpc) is 4.11. The van der Waals surface area contributed by atoms with E-state index in [2.05, 4.69) is 82.4 Å². The first-order valence-corrected chi connectivity index (χ1v) is 40.2. The molecule has 450 valence electrons. The van der Waals surface area contributed by atoms with Crippen molar-refractivity contribution in [1.82, 2.24) is 0 Å². The summed E-state index contributed by atoms with van der Waals surface area (Å²) in [5, 5.41) is 9.85. The van der Waals surface area contributed by atoms with E-state index >= 15 is 0 Å². The first-order chi connectivity index (χ1) is 37.2. The molecule has 8 aliphatic rings. The molecule has 3 N–H and O–H groups in total. The summed E-state index contributed by atoms with van der Waals surface area (Å²) in [7, 11) is -9.10. The van der Waals surface area contributed by atoms with E-state index in [0.717, 1.165) is 97.6 Å². The van der Waals surface area contributed by atoms with Crippen molar-refractivity contribution >= 4 is 38.3 Å². The molecule has 8 aliphatic heterocycles. The van der Waals surface area contributed by atoms with Crippen LogP contribution in [0.15, 0.2) is 24.3 Å². The molecule has 0 radical (unpaired) electrons. The van der Waals surface area contributed by atoms with Crippen LogP contribution in [0.5, 0.6) is 0 Å². The zero-order valence-electron chi connectivity index (χ0n) is 49.8. The molecule has 18 atom stereocenters. The summed E-state index contributed by atoms with van der Waals surface area (Å²) in [4.78, 5) is 33.2. The van der Waals surface area contributed by atoms with Crippen LogP contribution in [0.3, 0.4) is 0 Å². The van der Waals surface area contributed by atoms with Crippen LogP contribution in [-0.4, -0.2) is 169 Å². The largest absolute Gasteiger partial charge is 0.414 e. The SMILES string of the molecule is C=C1C[C@H](CC[C@@]23C[C@H]4O[C@H]5[C@@H](O2)[C@@H](O[Si](CC)(CC)CC)[C@H](CCCO)O[C@H]5[C@H]4O3)O[C@H]1CC[C@H]1C[C@@H](C)C(=C)[C@@H](C[C@@H]2O[C@H](C[C@@H](CO[Si](CC)(CC)CC)O[Si](CC)(CC)CC)[C@H](OC)[C@H]2CC(=O)CP(=O)(O)O)O1. The van der Waals surface area contributed by atoms with Crippen molar-refractivity contribution in [3.05, 3.63) is 24.3 Å². The Bertz CT molecular complexity index is 1980. The number of methoxy groups -OCH3 is 1. The molecule has 8 rings (SSSR count). The highest BCUT2D eigenvalue weighted by molar-refractivity contribution is 7.52. The summed E-state index contributed by atoms with van der Waals surface area (Å²) < 4.78 is 88.4. The van der Waals surface area contributed by atoms with Crippen molar-refractivity contribution < 1.29 is 75.4 Å². The minimum absolute atomic E-state index is 0.0384. The Morgan fingerprint density at radius 1 is 0.731 bits per heavy atom. The highest BCUT2D eigenvalue weighted by atomic mass is 31.2. The Morgan fingerprint density at radius 2 is 1.36 bits per heavy atom. The quantitative estimate of drug-likeness (QED) is 0.0312. The molecular formula is C58H105O16PSi3. The maximum Gasteiger partial charge on any atom is 0.332 e. The Morgan fingerprint density at radius 3 is 1.97 bits per heavy atom. The van der Waals surface area contributed by atoms with E-state index in [-0.39, 0.29) is 92.2 Å². The van der Waals surface area contributed by atoms with Gasteiger partial charge in [0.2, 0.25) is 0 Å². The molecular weight excluding hydrogens is 1070 g/mol. The fourth-order valence-electron chi connectivity index (χ4n) is 14.7. The number of hydrogen-bond donors (Lipinski definition) is 3. The van der Waals surface area contributed by atoms with E-state index in [1.165, 1.54) is 0 Å². The Kier molecular flexibility index (Phi) is 23.4. The first kappa shape index (κ1) is 65.0. The number of carbonyl (C=O) groups is 1. The van der Waals surface area contributed by atoms with Crippen LogP contribution in [0.4, 0.5) is 0 Å². The molecule has 6 bridgehead atoms. The molecule has 8 fully saturated rings. The lowest BCUT2D eigenvalue weighted by molar-refractivity contribution is -0.271. The van der Waals surface area contributed by atoms with Crippen LogP contribution in [0, 0.1) is 11.8 Å². The van der Waals surface area contributed by atoms with Crippen molar-refractivity contribution in [2.24, 2.45) is 11.8 Å². The lowest BCUT2D eigenvalue weighted by Crippen LogP contribution is -2.62. The standard InChI is InChI=1S/C58H105O16PSi3/c1-14-76(15-2,16-3)65-36-44(73-77(17-4,18-5)19-6)33-50-52(64-13)45(32-41(60)37-75(61,62)63)49(68-50)34-48-40(12)38(10)30-42(67-48)25-26-46-39(11)31-43(66-46)27-28-58-35-51-53(71-58)55-56(70-51)57(72-58)54(47(69-55)24-23-29-59)74-78(20-7,21-8)22-9/h38,42-57,59H,11-12,14-37H2,1-10,13H3,(H2,61,62,63)/t38-,42+,43+,44+,45+,46+,47+,48-,49+,50-,51-,52-,53+,54+,55+,56-,57+,58+/m1/s1. The molecule has 20 heteroatoms. The molecule has 78 heavy (non-hydrogen) atoms. The normalized spacial score (nSPS) is 36.5. The third-order valence-electron chi connectivity index (χ3n) is 20.3. The zero-order chi connectivity index (χ0) is 56.8. The van der Waals surface area contributed by atoms with Gasteiger partial charge in [-0.25, -0.2) is 0 Å². The second-order valence-electron chi connectivity index (χ2n) is 24.6. The molecule has 0 aromatic rings. The number of carbonyl (C=O) groups excluding carboxylic acids is 1. The van der Waals surface area contributed by atoms with Gasteiger partial charge in [0.15, 0.2) is 30.7 Å². The van der Waals surface area contributed by atoms with Crippen LogP contribution in [0.25, 0.3) is 0 Å². The highest BCUT2D eigenvalue weighted by Gasteiger charge is 2.68. The summed E-state index contributed by atoms with van der Waals surface area (Å²) >= 11 is 0. The molecule has 0 aromatic carbocycles. The Labute approximate surface area is 472 Å². The predicted molar refractivity (Wildman–Crippen MR) is 309 cm³/mol. The average molecular weight is 1170 g/mol. The van der Waals surface area contributed by atoms with Gasteiger partial charge >= 0.3 is 7.60 Å². The molecule has 0 amide bonds. The minimum Gasteiger partial charge on any atom is -0.414 e. The molecule has 0 aromatic heterocycles. The number of aliphatic hydroxyl groups is 1. The van der Waals surface area contributed by atoms with E-state index < -0.39 is 74.5 Å². The van der Waals surface area contributed by atoms with Gasteiger partial charge in [0.25, 0.3) is 0 Å². The first-order valence-electron chi connectivity index (χ1n) is 30.9. The van der Waals surface area contributed by atoms with Crippen molar-refractivity contribution in [1.29, 1.82) is 0 Å². The highest BCUT2D eigenvalue weighted by Crippen LogP contribution is 2.54. The summed E-state index contributed by atoms with van der Waals surface area (Å²) in [5.41, 5.74) is 2.06. The molecule has 8 heterocycles. The van der Waals surface area contributed by atoms with Gasteiger partial charge < -0.3 is 66.1 Å². The van der Waals surface area contributed by atoms with Gasteiger partial charge in [-0.2, -0.15) is 0 Å². The second-order valence-corrected chi connectivity index (χ2v) is 40.5. The van der Waals surface area contributed by atoms with Gasteiger partial charge in [-0.05, 0) is 116 Å². The number of hydrogen-bond acceptors (Lipinski definition) is 14. The predicted octanol–water partition coefficient (Wildman–Crippen LogP) is 10.9. The van der Waals surface area contributed by atoms with Crippen molar-refractivity contribution in [2.45, 2.75) is 298 Å². The van der Waals surface area contributed by atoms with E-state index in [1.807, 2.05) is 0 Å². The Balaban J connectivity index is 1.00. The fourth-order valence-corrected chi connectivity index (χ4v) is 23.7. The Hall–Kier alpha value is -0.529. The van der Waals surface area contributed by atoms with E-state index in [1.54, 1.807) is 7.11 Å². The zero-order valence-corrected chi connectivity index (χ0v) is 53.7. The molecule has 0 saturated carbocycles. The number of aliphatic hydroxyl groups excluding tert-OH is 1. The maximum absolute atomic E-state index is 13.5. The van der Waals surface area contributed by atoms with Crippen LogP contribution in [-0.2, 0) is 60.5 Å². The number of rotatable bonds is 34.